The van der Waals surface area contributed by atoms with Crippen LogP contribution in [-0.4, -0.2) is 5.34 Å². The number of hydrogen-bond acceptors (Lipinski definition) is 0. The van der Waals surface area contributed by atoms with Crippen molar-refractivity contribution in [2.75, 3.05) is 5.34 Å². The van der Waals surface area contributed by atoms with Gasteiger partial charge < -0.3 is 24.8 Å². The Morgan fingerprint density at radius 3 is 0.881 bits per heavy atom. The molecule has 6 rings (SSSR count). The van der Waals surface area contributed by atoms with Crippen LogP contribution < -0.4 is 46.0 Å². The monoisotopic (exact) mass is 710 g/mol. The Kier molecular flexibility index (Phi) is 20.1. The van der Waals surface area contributed by atoms with E-state index in [0.717, 1.165) is 12.8 Å². The first-order valence-corrected chi connectivity index (χ1v) is 16.7. The molecular formula is C35H32Cl4FeP2. The molecule has 0 heterocycles. The van der Waals surface area contributed by atoms with E-state index in [2.05, 4.69) is 158 Å². The molecule has 0 spiro atoms. The van der Waals surface area contributed by atoms with Crippen LogP contribution in [0, 0.1) is 0 Å². The minimum absolute atomic E-state index is 0. The average Bonchev–Trinajstić information content (AvgIpc) is 3.72. The van der Waals surface area contributed by atoms with E-state index in [1.807, 2.05) is 0 Å². The minimum Gasteiger partial charge on any atom is -1.00 e. The van der Waals surface area contributed by atoms with Gasteiger partial charge in [-0.25, -0.2) is 0 Å². The van der Waals surface area contributed by atoms with Crippen LogP contribution >= 0.6 is 39.0 Å². The smallest absolute Gasteiger partial charge is 1.00 e. The molecule has 42 heavy (non-hydrogen) atoms. The van der Waals surface area contributed by atoms with Crippen LogP contribution in [0.5, 0.6) is 0 Å². The van der Waals surface area contributed by atoms with Crippen molar-refractivity contribution in [2.24, 2.45) is 0 Å². The van der Waals surface area contributed by atoms with Crippen molar-refractivity contribution in [3.63, 3.8) is 0 Å². The zero-order valence-corrected chi connectivity index (χ0v) is 28.8. The van der Waals surface area contributed by atoms with Crippen molar-refractivity contribution in [2.45, 2.75) is 12.8 Å². The van der Waals surface area contributed by atoms with E-state index in [1.54, 1.807) is 10.6 Å². The molecule has 0 N–H and O–H groups in total. The predicted molar refractivity (Wildman–Crippen MR) is 178 cm³/mol. The first-order valence-electron chi connectivity index (χ1n) is 13.0. The molecule has 0 amide bonds. The number of rotatable bonds is 6. The summed E-state index contributed by atoms with van der Waals surface area (Å²) in [5.74, 6) is 0. The molecule has 0 fully saturated rings. The molecule has 0 unspecified atom stereocenters. The van der Waals surface area contributed by atoms with E-state index in [-0.39, 0.29) is 63.1 Å². The first-order chi connectivity index (χ1) is 19.3. The summed E-state index contributed by atoms with van der Waals surface area (Å²) in [6.45, 7) is 0. The zero-order chi connectivity index (χ0) is 27.1. The van der Waals surface area contributed by atoms with E-state index >= 15 is 0 Å². The maximum atomic E-state index is 4.76. The fourth-order valence-corrected chi connectivity index (χ4v) is 9.32. The number of alkyl halides is 2. The van der Waals surface area contributed by atoms with Crippen LogP contribution in [0.15, 0.2) is 168 Å². The van der Waals surface area contributed by atoms with Gasteiger partial charge in [0.05, 0.1) is 5.34 Å². The normalized spacial score (nSPS) is 12.4. The molecule has 4 aromatic carbocycles. The Balaban J connectivity index is 0.000000361. The van der Waals surface area contributed by atoms with Crippen LogP contribution in [0.3, 0.4) is 0 Å². The Labute approximate surface area is 286 Å². The largest absolute Gasteiger partial charge is 2.00 e. The third-order valence-corrected chi connectivity index (χ3v) is 11.2. The average molecular weight is 712 g/mol. The van der Waals surface area contributed by atoms with E-state index in [4.69, 9.17) is 23.2 Å². The van der Waals surface area contributed by atoms with E-state index in [0.29, 0.717) is 0 Å². The van der Waals surface area contributed by atoms with Gasteiger partial charge in [-0.1, -0.05) is 158 Å². The van der Waals surface area contributed by atoms with Crippen molar-refractivity contribution in [1.29, 1.82) is 0 Å². The fourth-order valence-electron chi connectivity index (χ4n) is 4.47. The van der Waals surface area contributed by atoms with Gasteiger partial charge in [-0.05, 0) is 60.5 Å². The number of benzene rings is 4. The maximum absolute atomic E-state index is 4.76. The maximum Gasteiger partial charge on any atom is 2.00 e. The van der Waals surface area contributed by atoms with Crippen molar-refractivity contribution < 1.29 is 41.9 Å². The summed E-state index contributed by atoms with van der Waals surface area (Å²) in [5, 5.41) is 9.04. The molecule has 0 saturated heterocycles. The van der Waals surface area contributed by atoms with Gasteiger partial charge in [-0.3, -0.25) is 0 Å². The van der Waals surface area contributed by atoms with Gasteiger partial charge in [-0.15, -0.1) is 23.2 Å². The summed E-state index contributed by atoms with van der Waals surface area (Å²) < 4.78 is 0. The molecule has 218 valence electrons. The fraction of sp³-hybridized carbons (Fsp3) is 0.0857. The Bertz CT molecular complexity index is 1210. The molecule has 2 aliphatic carbocycles. The second-order valence-electron chi connectivity index (χ2n) is 8.69. The van der Waals surface area contributed by atoms with Gasteiger partial charge in [0.2, 0.25) is 0 Å². The van der Waals surface area contributed by atoms with Crippen LogP contribution in [0.25, 0.3) is 0 Å². The van der Waals surface area contributed by atoms with E-state index < -0.39 is 0 Å². The molecular weight excluding hydrogens is 680 g/mol. The van der Waals surface area contributed by atoms with Crippen LogP contribution in [0.1, 0.15) is 12.8 Å². The Morgan fingerprint density at radius 2 is 0.690 bits per heavy atom. The molecule has 0 bridgehead atoms. The Morgan fingerprint density at radius 1 is 0.452 bits per heavy atom. The standard InChI is InChI=1S/2C17H15P.CH2Cl2.2ClH.Fe/c2*1-3-9-15(10-4-1)18(17-13-7-8-14-17)16-11-5-2-6-12-16;2-1-3;;;/h2*1-13H,14H2;1H2;2*1H;/q;;;;;+2/p-2. The van der Waals surface area contributed by atoms with Crippen molar-refractivity contribution in [3.8, 4) is 0 Å². The SMILES string of the molecule is C1=CCC(P(c2ccccc2)c2ccccc2)=C1.C1=CCC(P(c2ccccc2)c2ccccc2)=C1.ClCCl.[Cl-].[Cl-].[Fe+2]. The van der Waals surface area contributed by atoms with Crippen molar-refractivity contribution in [1.82, 2.24) is 0 Å². The van der Waals surface area contributed by atoms with Gasteiger partial charge in [-0.2, -0.15) is 0 Å². The van der Waals surface area contributed by atoms with Crippen LogP contribution in [0.2, 0.25) is 0 Å². The van der Waals surface area contributed by atoms with Gasteiger partial charge in [0.15, 0.2) is 0 Å². The van der Waals surface area contributed by atoms with Crippen molar-refractivity contribution in [3.05, 3.63) is 168 Å². The predicted octanol–water partition coefficient (Wildman–Crippen LogP) is 3.35. The van der Waals surface area contributed by atoms with Gasteiger partial charge in [0.1, 0.15) is 0 Å². The topological polar surface area (TPSA) is 0 Å². The third-order valence-electron chi connectivity index (χ3n) is 6.14. The third kappa shape index (κ3) is 11.5. The summed E-state index contributed by atoms with van der Waals surface area (Å²) >= 11 is 9.53. The second-order valence-corrected chi connectivity index (χ2v) is 14.1. The molecule has 0 nitrogen and oxygen atoms in total. The van der Waals surface area contributed by atoms with Crippen LogP contribution in [-0.2, 0) is 17.1 Å². The summed E-state index contributed by atoms with van der Waals surface area (Å²) in [7, 11) is -0.707. The van der Waals surface area contributed by atoms with Gasteiger partial charge in [0, 0.05) is 0 Å². The summed E-state index contributed by atoms with van der Waals surface area (Å²) in [4.78, 5) is 0. The van der Waals surface area contributed by atoms with Crippen LogP contribution in [0.4, 0.5) is 0 Å². The minimum atomic E-state index is -0.353. The Hall–Kier alpha value is -1.62. The molecule has 0 aliphatic heterocycles. The molecule has 0 saturated carbocycles. The molecule has 7 heteroatoms. The quantitative estimate of drug-likeness (QED) is 0.164. The summed E-state index contributed by atoms with van der Waals surface area (Å²) in [6.07, 6.45) is 15.6. The molecule has 0 aromatic heterocycles. The zero-order valence-electron chi connectivity index (χ0n) is 22.9. The van der Waals surface area contributed by atoms with Crippen molar-refractivity contribution >= 4 is 60.3 Å². The summed E-state index contributed by atoms with van der Waals surface area (Å²) in [6, 6.07) is 43.4. The molecule has 2 aliphatic rings. The number of allylic oxidation sites excluding steroid dienone is 8. The molecule has 0 atom stereocenters. The summed E-state index contributed by atoms with van der Waals surface area (Å²) in [5.41, 5.74) is 0. The number of halogens is 4. The second kappa shape index (κ2) is 22.0. The van der Waals surface area contributed by atoms with E-state index in [1.165, 1.54) is 21.2 Å². The van der Waals surface area contributed by atoms with Gasteiger partial charge >= 0.3 is 17.1 Å². The molecule has 0 radical (unpaired) electrons. The first kappa shape index (κ1) is 38.4. The number of hydrogen-bond donors (Lipinski definition) is 0. The van der Waals surface area contributed by atoms with Gasteiger partial charge in [0.25, 0.3) is 0 Å². The van der Waals surface area contributed by atoms with E-state index in [9.17, 15) is 0 Å². The molecule has 4 aromatic rings.